The lowest BCUT2D eigenvalue weighted by Gasteiger charge is -1.97. The van der Waals surface area contributed by atoms with E-state index in [2.05, 4.69) is 10.2 Å². The Hall–Kier alpha value is -0.650. The molecule has 2 aromatic rings. The molecule has 1 heterocycles. The van der Waals surface area contributed by atoms with Gasteiger partial charge >= 0.3 is 0 Å². The van der Waals surface area contributed by atoms with E-state index in [0.29, 0.717) is 10.2 Å². The van der Waals surface area contributed by atoms with Crippen molar-refractivity contribution in [2.24, 2.45) is 0 Å². The molecule has 0 radical (unpaired) electrons. The topological polar surface area (TPSA) is 25.8 Å². The molecule has 0 bridgehead atoms. The molecule has 0 fully saturated rings. The maximum absolute atomic E-state index is 12.8. The highest BCUT2D eigenvalue weighted by Crippen LogP contribution is 2.25. The largest absolute Gasteiger partial charge is 0.207 e. The summed E-state index contributed by atoms with van der Waals surface area (Å²) in [7, 11) is 0. The summed E-state index contributed by atoms with van der Waals surface area (Å²) >= 11 is 8.49. The second kappa shape index (κ2) is 4.92. The summed E-state index contributed by atoms with van der Waals surface area (Å²) < 4.78 is 13.3. The molecule has 6 heteroatoms. The van der Waals surface area contributed by atoms with Crippen LogP contribution in [0.5, 0.6) is 0 Å². The molecule has 0 spiro atoms. The van der Waals surface area contributed by atoms with Gasteiger partial charge in [0.1, 0.15) is 10.8 Å². The minimum absolute atomic E-state index is 0.227. The van der Waals surface area contributed by atoms with Crippen molar-refractivity contribution in [3.63, 3.8) is 0 Å². The second-order valence-electron chi connectivity index (χ2n) is 2.69. The van der Waals surface area contributed by atoms with Gasteiger partial charge in [-0.2, -0.15) is 0 Å². The summed E-state index contributed by atoms with van der Waals surface area (Å²) in [5, 5.41) is 8.41. The van der Waals surface area contributed by atoms with Gasteiger partial charge in [-0.1, -0.05) is 17.4 Å². The van der Waals surface area contributed by atoms with Gasteiger partial charge in [-0.05, 0) is 29.8 Å². The highest BCUT2D eigenvalue weighted by molar-refractivity contribution is 7.98. The number of aromatic nitrogens is 2. The smallest absolute Gasteiger partial charge is 0.207 e. The standard InChI is InChI=1S/C9H6ClFN2S2/c10-9-13-12-8(15-9)5-14-7-3-1-2-6(11)4-7/h1-4H,5H2. The summed E-state index contributed by atoms with van der Waals surface area (Å²) in [6.45, 7) is 0. The number of nitrogens with zero attached hydrogens (tertiary/aromatic N) is 2. The maximum Gasteiger partial charge on any atom is 0.207 e. The zero-order valence-electron chi connectivity index (χ0n) is 7.48. The Morgan fingerprint density at radius 3 is 2.93 bits per heavy atom. The highest BCUT2D eigenvalue weighted by Gasteiger charge is 2.03. The first kappa shape index (κ1) is 10.9. The van der Waals surface area contributed by atoms with Gasteiger partial charge in [0, 0.05) is 4.90 Å². The first-order valence-electron chi connectivity index (χ1n) is 4.10. The third-order valence-electron chi connectivity index (χ3n) is 1.60. The van der Waals surface area contributed by atoms with E-state index in [9.17, 15) is 4.39 Å². The summed E-state index contributed by atoms with van der Waals surface area (Å²) in [4.78, 5) is 0.876. The van der Waals surface area contributed by atoms with Gasteiger partial charge in [0.2, 0.25) is 4.47 Å². The molecule has 0 aliphatic carbocycles. The van der Waals surface area contributed by atoms with E-state index < -0.39 is 0 Å². The van der Waals surface area contributed by atoms with E-state index in [1.807, 2.05) is 6.07 Å². The third-order valence-corrected chi connectivity index (χ3v) is 3.81. The molecule has 0 unspecified atom stereocenters. The monoisotopic (exact) mass is 260 g/mol. The molecule has 0 saturated carbocycles. The van der Waals surface area contributed by atoms with E-state index in [0.717, 1.165) is 9.90 Å². The van der Waals surface area contributed by atoms with Crippen molar-refractivity contribution in [1.29, 1.82) is 0 Å². The van der Waals surface area contributed by atoms with Crippen LogP contribution in [0.1, 0.15) is 5.01 Å². The van der Waals surface area contributed by atoms with Crippen LogP contribution in [0.2, 0.25) is 4.47 Å². The van der Waals surface area contributed by atoms with Crippen molar-refractivity contribution in [2.75, 3.05) is 0 Å². The van der Waals surface area contributed by atoms with Crippen LogP contribution >= 0.6 is 34.7 Å². The van der Waals surface area contributed by atoms with Crippen LogP contribution in [0.15, 0.2) is 29.2 Å². The molecular formula is C9H6ClFN2S2. The number of hydrogen-bond acceptors (Lipinski definition) is 4. The van der Waals surface area contributed by atoms with Crippen molar-refractivity contribution < 1.29 is 4.39 Å². The summed E-state index contributed by atoms with van der Waals surface area (Å²) in [6.07, 6.45) is 0. The van der Waals surface area contributed by atoms with Crippen molar-refractivity contribution in [3.8, 4) is 0 Å². The Bertz CT molecular complexity index is 461. The van der Waals surface area contributed by atoms with Crippen molar-refractivity contribution in [3.05, 3.63) is 39.6 Å². The molecular weight excluding hydrogens is 255 g/mol. The molecule has 0 amide bonds. The Kier molecular flexibility index (Phi) is 3.56. The van der Waals surface area contributed by atoms with E-state index in [1.165, 1.54) is 35.2 Å². The van der Waals surface area contributed by atoms with Crippen molar-refractivity contribution >= 4 is 34.7 Å². The quantitative estimate of drug-likeness (QED) is 0.789. The predicted octanol–water partition coefficient (Wildman–Crippen LogP) is 3.62. The Labute approximate surface area is 99.5 Å². The molecule has 1 aromatic heterocycles. The highest BCUT2D eigenvalue weighted by atomic mass is 35.5. The van der Waals surface area contributed by atoms with Gasteiger partial charge in [-0.25, -0.2) is 4.39 Å². The molecule has 78 valence electrons. The SMILES string of the molecule is Fc1cccc(SCc2nnc(Cl)s2)c1. The van der Waals surface area contributed by atoms with Crippen LogP contribution < -0.4 is 0 Å². The van der Waals surface area contributed by atoms with Gasteiger partial charge in [0.15, 0.2) is 0 Å². The van der Waals surface area contributed by atoms with Crippen molar-refractivity contribution in [2.45, 2.75) is 10.6 Å². The van der Waals surface area contributed by atoms with Crippen LogP contribution in [-0.2, 0) is 5.75 Å². The van der Waals surface area contributed by atoms with Gasteiger partial charge in [-0.3, -0.25) is 0 Å². The number of hydrogen-bond donors (Lipinski definition) is 0. The van der Waals surface area contributed by atoms with Gasteiger partial charge in [0.25, 0.3) is 0 Å². The minimum Gasteiger partial charge on any atom is -0.207 e. The number of thioether (sulfide) groups is 1. The number of halogens is 2. The van der Waals surface area contributed by atoms with Gasteiger partial charge in [-0.15, -0.1) is 22.0 Å². The average Bonchev–Trinajstić information content (AvgIpc) is 2.62. The lowest BCUT2D eigenvalue weighted by Crippen LogP contribution is -1.80. The molecule has 0 N–H and O–H groups in total. The normalized spacial score (nSPS) is 10.5. The molecule has 0 atom stereocenters. The minimum atomic E-state index is -0.227. The summed E-state index contributed by atoms with van der Waals surface area (Å²) in [5.41, 5.74) is 0. The zero-order chi connectivity index (χ0) is 10.7. The first-order chi connectivity index (χ1) is 7.24. The molecule has 15 heavy (non-hydrogen) atoms. The van der Waals surface area contributed by atoms with E-state index in [4.69, 9.17) is 11.6 Å². The fourth-order valence-electron chi connectivity index (χ4n) is 0.993. The zero-order valence-corrected chi connectivity index (χ0v) is 9.87. The van der Waals surface area contributed by atoms with Gasteiger partial charge in [0.05, 0.1) is 5.75 Å². The lowest BCUT2D eigenvalue weighted by atomic mass is 10.4. The van der Waals surface area contributed by atoms with Crippen LogP contribution in [0.4, 0.5) is 4.39 Å². The number of rotatable bonds is 3. The summed E-state index contributed by atoms with van der Waals surface area (Å²) in [6, 6.07) is 6.46. The fraction of sp³-hybridized carbons (Fsp3) is 0.111. The Balaban J connectivity index is 1.99. The fourth-order valence-corrected chi connectivity index (χ4v) is 2.79. The van der Waals surface area contributed by atoms with Crippen LogP contribution in [0, 0.1) is 5.82 Å². The Morgan fingerprint density at radius 1 is 1.40 bits per heavy atom. The van der Waals surface area contributed by atoms with Gasteiger partial charge < -0.3 is 0 Å². The lowest BCUT2D eigenvalue weighted by molar-refractivity contribution is 0.624. The molecule has 0 aliphatic rings. The molecule has 0 aliphatic heterocycles. The second-order valence-corrected chi connectivity index (χ2v) is 5.39. The Morgan fingerprint density at radius 2 is 2.27 bits per heavy atom. The van der Waals surface area contributed by atoms with Crippen LogP contribution in [0.3, 0.4) is 0 Å². The maximum atomic E-state index is 12.8. The molecule has 2 rings (SSSR count). The third kappa shape index (κ3) is 3.15. The van der Waals surface area contributed by atoms with Crippen LogP contribution in [-0.4, -0.2) is 10.2 Å². The van der Waals surface area contributed by atoms with E-state index >= 15 is 0 Å². The van der Waals surface area contributed by atoms with E-state index in [1.54, 1.807) is 6.07 Å². The van der Waals surface area contributed by atoms with Crippen molar-refractivity contribution in [1.82, 2.24) is 10.2 Å². The predicted molar refractivity (Wildman–Crippen MR) is 60.9 cm³/mol. The molecule has 0 saturated heterocycles. The summed E-state index contributed by atoms with van der Waals surface area (Å²) in [5.74, 6) is 0.434. The average molecular weight is 261 g/mol. The first-order valence-corrected chi connectivity index (χ1v) is 6.28. The van der Waals surface area contributed by atoms with E-state index in [-0.39, 0.29) is 5.82 Å². The van der Waals surface area contributed by atoms with Crippen LogP contribution in [0.25, 0.3) is 0 Å². The molecule has 1 aromatic carbocycles. The number of benzene rings is 1. The molecule has 2 nitrogen and oxygen atoms in total.